The van der Waals surface area contributed by atoms with Crippen LogP contribution in [-0.2, 0) is 0 Å². The lowest BCUT2D eigenvalue weighted by Gasteiger charge is -2.06. The van der Waals surface area contributed by atoms with Crippen LogP contribution in [0.15, 0.2) is 42.5 Å². The van der Waals surface area contributed by atoms with Crippen LogP contribution in [0, 0.1) is 0 Å². The van der Waals surface area contributed by atoms with Crippen molar-refractivity contribution in [1.29, 1.82) is 0 Å². The first kappa shape index (κ1) is 11.3. The van der Waals surface area contributed by atoms with Crippen molar-refractivity contribution in [2.24, 2.45) is 0 Å². The predicted octanol–water partition coefficient (Wildman–Crippen LogP) is 4.67. The Morgan fingerprint density at radius 2 is 1.62 bits per heavy atom. The molecule has 0 aromatic heterocycles. The van der Waals surface area contributed by atoms with Gasteiger partial charge in [0.2, 0.25) is 0 Å². The van der Waals surface area contributed by atoms with Gasteiger partial charge >= 0.3 is 0 Å². The van der Waals surface area contributed by atoms with Crippen molar-refractivity contribution in [2.75, 3.05) is 7.11 Å². The smallest absolute Gasteiger partial charge is 0.118 e. The van der Waals surface area contributed by atoms with Gasteiger partial charge in [-0.2, -0.15) is 0 Å². The highest BCUT2D eigenvalue weighted by Gasteiger charge is 2.04. The fraction of sp³-hybridized carbons (Fsp3) is 0.0769. The molecule has 0 saturated carbocycles. The van der Waals surface area contributed by atoms with Crippen LogP contribution < -0.4 is 4.74 Å². The molecule has 0 fully saturated rings. The van der Waals surface area contributed by atoms with E-state index in [-0.39, 0.29) is 0 Å². The number of hydrogen-bond donors (Lipinski definition) is 0. The van der Waals surface area contributed by atoms with Crippen molar-refractivity contribution in [2.45, 2.75) is 0 Å². The van der Waals surface area contributed by atoms with Crippen molar-refractivity contribution in [3.8, 4) is 16.9 Å². The summed E-state index contributed by atoms with van der Waals surface area (Å²) in [4.78, 5) is 0. The van der Waals surface area contributed by atoms with E-state index >= 15 is 0 Å². The van der Waals surface area contributed by atoms with Gasteiger partial charge in [0.1, 0.15) is 5.75 Å². The first-order valence-electron chi connectivity index (χ1n) is 4.80. The monoisotopic (exact) mass is 252 g/mol. The zero-order chi connectivity index (χ0) is 11.5. The third-order valence-electron chi connectivity index (χ3n) is 2.33. The second-order valence-corrected chi connectivity index (χ2v) is 4.20. The molecule has 0 N–H and O–H groups in total. The fourth-order valence-electron chi connectivity index (χ4n) is 1.49. The molecule has 0 bridgehead atoms. The van der Waals surface area contributed by atoms with E-state index in [1.165, 1.54) is 0 Å². The lowest BCUT2D eigenvalue weighted by Crippen LogP contribution is -1.83. The van der Waals surface area contributed by atoms with E-state index in [1.54, 1.807) is 19.2 Å². The van der Waals surface area contributed by atoms with Gasteiger partial charge in [-0.25, -0.2) is 0 Å². The van der Waals surface area contributed by atoms with E-state index in [0.29, 0.717) is 10.0 Å². The van der Waals surface area contributed by atoms with E-state index in [1.807, 2.05) is 30.3 Å². The second kappa shape index (κ2) is 4.77. The highest BCUT2D eigenvalue weighted by atomic mass is 35.5. The van der Waals surface area contributed by atoms with Crippen LogP contribution >= 0.6 is 23.2 Å². The van der Waals surface area contributed by atoms with Gasteiger partial charge in [-0.15, -0.1) is 0 Å². The number of methoxy groups -OCH3 is 1. The van der Waals surface area contributed by atoms with Crippen LogP contribution in [-0.4, -0.2) is 7.11 Å². The Morgan fingerprint density at radius 1 is 0.938 bits per heavy atom. The predicted molar refractivity (Wildman–Crippen MR) is 68.5 cm³/mol. The maximum absolute atomic E-state index is 6.11. The van der Waals surface area contributed by atoms with E-state index < -0.39 is 0 Å². The zero-order valence-electron chi connectivity index (χ0n) is 8.71. The highest BCUT2D eigenvalue weighted by Crippen LogP contribution is 2.31. The van der Waals surface area contributed by atoms with Gasteiger partial charge in [0.15, 0.2) is 0 Å². The molecule has 0 saturated heterocycles. The third-order valence-corrected chi connectivity index (χ3v) is 2.89. The molecule has 82 valence electrons. The summed E-state index contributed by atoms with van der Waals surface area (Å²) in [5.74, 6) is 0.821. The number of hydrogen-bond acceptors (Lipinski definition) is 1. The number of ether oxygens (including phenoxy) is 1. The molecular formula is C13H10Cl2O. The molecule has 2 rings (SSSR count). The Kier molecular flexibility index (Phi) is 3.37. The minimum absolute atomic E-state index is 0.676. The molecule has 2 aromatic rings. The molecule has 0 spiro atoms. The van der Waals surface area contributed by atoms with Crippen molar-refractivity contribution in [3.05, 3.63) is 52.5 Å². The maximum Gasteiger partial charge on any atom is 0.118 e. The summed E-state index contributed by atoms with van der Waals surface area (Å²) in [6.45, 7) is 0. The SMILES string of the molecule is COc1ccc(-c2cc(Cl)ccc2Cl)cc1. The van der Waals surface area contributed by atoms with Crippen LogP contribution in [0.25, 0.3) is 11.1 Å². The molecule has 0 heterocycles. The van der Waals surface area contributed by atoms with E-state index in [2.05, 4.69) is 0 Å². The van der Waals surface area contributed by atoms with Crippen molar-refractivity contribution in [1.82, 2.24) is 0 Å². The van der Waals surface area contributed by atoms with Crippen LogP contribution in [0.1, 0.15) is 0 Å². The van der Waals surface area contributed by atoms with E-state index in [0.717, 1.165) is 16.9 Å². The summed E-state index contributed by atoms with van der Waals surface area (Å²) in [5, 5.41) is 1.37. The summed E-state index contributed by atoms with van der Waals surface area (Å²) in [7, 11) is 1.64. The number of rotatable bonds is 2. The summed E-state index contributed by atoms with van der Waals surface area (Å²) in [5.41, 5.74) is 1.95. The molecule has 0 aliphatic carbocycles. The Hall–Kier alpha value is -1.18. The minimum Gasteiger partial charge on any atom is -0.497 e. The topological polar surface area (TPSA) is 9.23 Å². The quantitative estimate of drug-likeness (QED) is 0.755. The average Bonchev–Trinajstić information content (AvgIpc) is 2.32. The van der Waals surface area contributed by atoms with Gasteiger partial charge in [-0.1, -0.05) is 35.3 Å². The van der Waals surface area contributed by atoms with Gasteiger partial charge in [-0.05, 0) is 35.9 Å². The van der Waals surface area contributed by atoms with E-state index in [9.17, 15) is 0 Å². The van der Waals surface area contributed by atoms with Crippen LogP contribution in [0.5, 0.6) is 5.75 Å². The molecule has 2 aromatic carbocycles. The van der Waals surface area contributed by atoms with Gasteiger partial charge in [0, 0.05) is 15.6 Å². The second-order valence-electron chi connectivity index (χ2n) is 3.35. The lowest BCUT2D eigenvalue weighted by molar-refractivity contribution is 0.415. The largest absolute Gasteiger partial charge is 0.497 e. The molecule has 3 heteroatoms. The van der Waals surface area contributed by atoms with Gasteiger partial charge in [0.05, 0.1) is 7.11 Å². The fourth-order valence-corrected chi connectivity index (χ4v) is 1.89. The number of benzene rings is 2. The highest BCUT2D eigenvalue weighted by molar-refractivity contribution is 6.35. The molecule has 0 amide bonds. The molecule has 0 radical (unpaired) electrons. The molecule has 0 atom stereocenters. The molecule has 16 heavy (non-hydrogen) atoms. The lowest BCUT2D eigenvalue weighted by atomic mass is 10.1. The first-order valence-corrected chi connectivity index (χ1v) is 5.56. The Morgan fingerprint density at radius 3 is 2.25 bits per heavy atom. The van der Waals surface area contributed by atoms with Crippen LogP contribution in [0.2, 0.25) is 10.0 Å². The normalized spacial score (nSPS) is 10.2. The molecule has 0 unspecified atom stereocenters. The zero-order valence-corrected chi connectivity index (χ0v) is 10.2. The van der Waals surface area contributed by atoms with Crippen molar-refractivity contribution in [3.63, 3.8) is 0 Å². The minimum atomic E-state index is 0.676. The summed E-state index contributed by atoms with van der Waals surface area (Å²) in [6.07, 6.45) is 0. The Labute approximate surface area is 105 Å². The summed E-state index contributed by atoms with van der Waals surface area (Å²) in [6, 6.07) is 13.1. The van der Waals surface area contributed by atoms with E-state index in [4.69, 9.17) is 27.9 Å². The summed E-state index contributed by atoms with van der Waals surface area (Å²) < 4.78 is 5.10. The Bertz CT molecular complexity index is 492. The van der Waals surface area contributed by atoms with Crippen LogP contribution in [0.3, 0.4) is 0 Å². The van der Waals surface area contributed by atoms with Gasteiger partial charge in [-0.3, -0.25) is 0 Å². The standard InChI is InChI=1S/C13H10Cl2O/c1-16-11-5-2-9(3-6-11)12-8-10(14)4-7-13(12)15/h2-8H,1H3. The number of halogens is 2. The average molecular weight is 253 g/mol. The molecular weight excluding hydrogens is 243 g/mol. The molecule has 0 aliphatic rings. The molecule has 1 nitrogen and oxygen atoms in total. The molecule has 0 aliphatic heterocycles. The Balaban J connectivity index is 2.45. The van der Waals surface area contributed by atoms with Gasteiger partial charge < -0.3 is 4.74 Å². The summed E-state index contributed by atoms with van der Waals surface area (Å²) >= 11 is 12.1. The van der Waals surface area contributed by atoms with Crippen LogP contribution in [0.4, 0.5) is 0 Å². The van der Waals surface area contributed by atoms with Crippen molar-refractivity contribution >= 4 is 23.2 Å². The maximum atomic E-state index is 6.11. The first-order chi connectivity index (χ1) is 7.70. The third kappa shape index (κ3) is 2.31. The van der Waals surface area contributed by atoms with Gasteiger partial charge in [0.25, 0.3) is 0 Å². The van der Waals surface area contributed by atoms with Crippen molar-refractivity contribution < 1.29 is 4.74 Å².